The summed E-state index contributed by atoms with van der Waals surface area (Å²) >= 11 is 0. The summed E-state index contributed by atoms with van der Waals surface area (Å²) in [6, 6.07) is 16.8. The monoisotopic (exact) mass is 1650 g/mol. The molecule has 12 saturated carbocycles. The number of halogens is 9. The van der Waals surface area contributed by atoms with Gasteiger partial charge in [0.2, 0.25) is 0 Å². The van der Waals surface area contributed by atoms with E-state index in [1.54, 1.807) is 30.3 Å². The molecule has 10 nitrogen and oxygen atoms in total. The van der Waals surface area contributed by atoms with E-state index in [2.05, 4.69) is 60.1 Å². The summed E-state index contributed by atoms with van der Waals surface area (Å²) < 4.78 is 170. The van der Waals surface area contributed by atoms with E-state index in [9.17, 15) is 81.9 Å². The van der Waals surface area contributed by atoms with Crippen molar-refractivity contribution in [2.24, 2.45) is 139 Å². The molecule has 1 aliphatic heterocycles. The molecule has 0 amide bonds. The quantitative estimate of drug-likeness (QED) is 0.0902. The van der Waals surface area contributed by atoms with Gasteiger partial charge >= 0.3 is 18.5 Å². The van der Waals surface area contributed by atoms with Crippen molar-refractivity contribution >= 4 is 19.7 Å². The minimum atomic E-state index is -4.87. The second-order valence-electron chi connectivity index (χ2n) is 41.9. The lowest BCUT2D eigenvalue weighted by atomic mass is 9.43. The minimum Gasteiger partial charge on any atom is -0.390 e. The largest absolute Gasteiger partial charge is 0.416 e. The lowest BCUT2D eigenvalue weighted by Gasteiger charge is -2.62. The molecule has 13 aliphatic rings. The first-order valence-electron chi connectivity index (χ1n) is 43.3. The smallest absolute Gasteiger partial charge is 0.390 e. The molecule has 5 N–H and O–H groups in total. The summed E-state index contributed by atoms with van der Waals surface area (Å²) in [6.45, 7) is 26.7. The number of aliphatic hydroxyl groups is 5. The van der Waals surface area contributed by atoms with Crippen molar-refractivity contribution in [3.05, 3.63) is 60.7 Å². The molecule has 0 aromatic heterocycles. The maximum absolute atomic E-state index is 13.8. The van der Waals surface area contributed by atoms with Crippen LogP contribution in [-0.2, 0) is 24.4 Å². The van der Waals surface area contributed by atoms with E-state index >= 15 is 0 Å². The summed E-state index contributed by atoms with van der Waals surface area (Å²) in [5.41, 5.74) is -0.283. The molecule has 0 bridgehead atoms. The van der Waals surface area contributed by atoms with Gasteiger partial charge < -0.3 is 30.3 Å². The van der Waals surface area contributed by atoms with Crippen LogP contribution in [0.3, 0.4) is 0 Å². The Balaban J connectivity index is 0.000000171. The fourth-order valence-electron chi connectivity index (χ4n) is 29.4. The van der Waals surface area contributed by atoms with Crippen LogP contribution < -0.4 is 0 Å². The Hall–Kier alpha value is -2.53. The predicted octanol–water partition coefficient (Wildman–Crippen LogP) is 22.7. The van der Waals surface area contributed by atoms with E-state index in [-0.39, 0.29) is 77.9 Å². The van der Waals surface area contributed by atoms with Gasteiger partial charge in [0.05, 0.1) is 44.2 Å². The van der Waals surface area contributed by atoms with Crippen molar-refractivity contribution in [2.45, 2.75) is 359 Å². The average Bonchev–Trinajstić information content (AvgIpc) is 1.71. The SMILES string of the molecule is C.C.C[C@H](C(CC(O)C(F)(F)F)S(=O)(=O)c1ccccc1)[C@H]1CC[C@H]2[C@@H]3CC[C@H]4C[C@@](C)(O)CC[C@]4(C)[C@H]3CC[C@]12C.C[C@H](CCC(O)C(F)(F)F)[C@H]1CC[C@H]2[C@@H]3CC[C@H]4C[C@@](C)(O)CC[C@]4(C)[C@H]3CC[C@]12C.C[C@H](CS(=O)(=O)c1ccccc1)[C@H]1CC[C@H]2[C@@H]3CC[C@H]4C[C@@](C)(O)CC[C@]4(C)[C@H]3CC[C@]12C.FC(F)(F)C1CO1. The minimum absolute atomic E-state index is 0. The third kappa shape index (κ3) is 18.4. The van der Waals surface area contributed by atoms with Gasteiger partial charge in [-0.2, -0.15) is 39.5 Å². The van der Waals surface area contributed by atoms with Crippen LogP contribution in [0.25, 0.3) is 0 Å². The average molecular weight is 1650 g/mol. The van der Waals surface area contributed by atoms with Gasteiger partial charge in [0.25, 0.3) is 0 Å². The number of aliphatic hydroxyl groups excluding tert-OH is 2. The molecule has 0 radical (unpaired) electrons. The third-order valence-electron chi connectivity index (χ3n) is 35.5. The Labute approximate surface area is 673 Å². The Morgan fingerprint density at radius 1 is 0.416 bits per heavy atom. The highest BCUT2D eigenvalue weighted by Crippen LogP contribution is 2.73. The fraction of sp³-hybridized carbons (Fsp3) is 0.870. The molecule has 113 heavy (non-hydrogen) atoms. The number of ether oxygens (including phenoxy) is 1. The molecule has 1 heterocycles. The zero-order chi connectivity index (χ0) is 81.3. The Morgan fingerprint density at radius 2 is 0.752 bits per heavy atom. The topological polar surface area (TPSA) is 182 Å². The molecule has 31 atom stereocenters. The van der Waals surface area contributed by atoms with E-state index in [4.69, 9.17) is 0 Å². The number of alkyl halides is 9. The number of hydrogen-bond acceptors (Lipinski definition) is 10. The molecule has 2 aromatic rings. The van der Waals surface area contributed by atoms with Crippen molar-refractivity contribution in [1.82, 2.24) is 0 Å². The lowest BCUT2D eigenvalue weighted by molar-refractivity contribution is -0.206. The zero-order valence-electron chi connectivity index (χ0n) is 68.6. The summed E-state index contributed by atoms with van der Waals surface area (Å²) in [7, 11) is -7.35. The first kappa shape index (κ1) is 92.8. The second kappa shape index (κ2) is 33.4. The normalized spacial score (nSPS) is 43.9. The van der Waals surface area contributed by atoms with Crippen molar-refractivity contribution in [1.29, 1.82) is 0 Å². The van der Waals surface area contributed by atoms with Crippen LogP contribution in [-0.4, -0.2) is 114 Å². The second-order valence-corrected chi connectivity index (χ2v) is 46.1. The van der Waals surface area contributed by atoms with E-state index in [1.807, 2.05) is 45.9 Å². The first-order chi connectivity index (χ1) is 51.4. The van der Waals surface area contributed by atoms with Gasteiger partial charge in [-0.15, -0.1) is 0 Å². The van der Waals surface area contributed by atoms with Crippen LogP contribution in [0.2, 0.25) is 0 Å². The maximum atomic E-state index is 13.8. The van der Waals surface area contributed by atoms with Crippen LogP contribution in [0.4, 0.5) is 39.5 Å². The van der Waals surface area contributed by atoms with Crippen LogP contribution in [0, 0.1) is 139 Å². The summed E-state index contributed by atoms with van der Waals surface area (Å²) in [4.78, 5) is 0.490. The van der Waals surface area contributed by atoms with E-state index in [0.29, 0.717) is 75.4 Å². The molecule has 12 aliphatic carbocycles. The lowest BCUT2D eigenvalue weighted by Crippen LogP contribution is -2.56. The molecule has 21 heteroatoms. The molecule has 0 spiro atoms. The molecule has 2 aromatic carbocycles. The van der Waals surface area contributed by atoms with Gasteiger partial charge in [-0.25, -0.2) is 16.8 Å². The van der Waals surface area contributed by atoms with Gasteiger partial charge in [0, 0.05) is 0 Å². The molecule has 1 saturated heterocycles. The molecular formula is C92H145F9O10S2. The third-order valence-corrected chi connectivity index (χ3v) is 39.8. The van der Waals surface area contributed by atoms with Crippen LogP contribution in [0.15, 0.2) is 70.5 Å². The van der Waals surface area contributed by atoms with Crippen LogP contribution >= 0.6 is 0 Å². The molecule has 4 unspecified atom stereocenters. The highest BCUT2D eigenvalue weighted by atomic mass is 32.2. The highest BCUT2D eigenvalue weighted by Gasteiger charge is 2.66. The highest BCUT2D eigenvalue weighted by molar-refractivity contribution is 7.92. The van der Waals surface area contributed by atoms with Gasteiger partial charge in [0.15, 0.2) is 31.9 Å². The zero-order valence-corrected chi connectivity index (χ0v) is 70.2. The maximum Gasteiger partial charge on any atom is 0.416 e. The van der Waals surface area contributed by atoms with Crippen LogP contribution in [0.1, 0.15) is 291 Å². The number of sulfone groups is 2. The van der Waals surface area contributed by atoms with E-state index in [1.165, 1.54) is 89.2 Å². The first-order valence-corrected chi connectivity index (χ1v) is 46.5. The molecule has 13 fully saturated rings. The van der Waals surface area contributed by atoms with Crippen LogP contribution in [0.5, 0.6) is 0 Å². The van der Waals surface area contributed by atoms with Gasteiger partial charge in [0.1, 0.15) is 6.10 Å². The van der Waals surface area contributed by atoms with Crippen molar-refractivity contribution < 1.29 is 86.6 Å². The summed E-state index contributed by atoms with van der Waals surface area (Å²) in [6.07, 6.45) is 9.25. The van der Waals surface area contributed by atoms with E-state index in [0.717, 1.165) is 126 Å². The Bertz CT molecular complexity index is 3720. The molecule has 15 rings (SSSR count). The molecular weight excluding hydrogens is 1500 g/mol. The van der Waals surface area contributed by atoms with Crippen molar-refractivity contribution in [3.8, 4) is 0 Å². The van der Waals surface area contributed by atoms with Crippen molar-refractivity contribution in [3.63, 3.8) is 0 Å². The summed E-state index contributed by atoms with van der Waals surface area (Å²) in [5.74, 6) is 8.92. The number of hydrogen-bond donors (Lipinski definition) is 5. The standard InChI is InChI=1S/C32H47F3O4S.C29H44O3S.C26H43F3O2.C3H3F3O.2CH4/c1-20(27(18-28(36)32(33,34)35)40(38,39)22-8-6-5-7-9-22)24-12-13-25-23-11-10-21-19-29(2,37)16-17-30(21,3)26(23)14-15-31(24,25)4;1-20(19-33(31,32)22-8-6-5-7-9-22)24-12-13-25-23-11-10-21-18-27(2,30)16-17-28(21,3)26(23)14-15-29(24,25)4;1-16(5-10-22(30)26(27,28)29)19-8-9-20-18-7-6-17-15-23(2,31)13-14-24(17,3)21(18)11-12-25(19,20)4;4-3(5,6)2-1-7-2;;/h5-9,20-21,23-28,36-37H,10-19H2,1-4H3;5-9,20-21,23-26,30H,10-19H2,1-4H3;16-22,30-31H,5-15H2,1-4H3;2H,1H2;2*1H4/t20-,21-,23-,24+,25-,26-,27?,28?,29-,30-,31+;20-,21+,23+,24-,25+,26+,27+,28+,29-;16-,17+,18+,19-,20+,21+,22?,23+,24+,25-;;;/m011.../s1. The molecule has 648 valence electrons. The Morgan fingerprint density at radius 3 is 1.10 bits per heavy atom. The number of epoxide rings is 1. The van der Waals surface area contributed by atoms with Gasteiger partial charge in [-0.1, -0.05) is 114 Å². The predicted molar refractivity (Wildman–Crippen MR) is 428 cm³/mol. The fourth-order valence-corrected chi connectivity index (χ4v) is 33.1. The van der Waals surface area contributed by atoms with E-state index < -0.39 is 90.9 Å². The number of benzene rings is 2. The summed E-state index contributed by atoms with van der Waals surface area (Å²) in [5, 5.41) is 50.4. The van der Waals surface area contributed by atoms with Crippen molar-refractivity contribution in [2.75, 3.05) is 12.4 Å². The number of fused-ring (bicyclic) bond motifs is 15. The number of rotatable bonds is 14. The Kier molecular flexibility index (Phi) is 27.4. The van der Waals surface area contributed by atoms with Gasteiger partial charge in [-0.05, 0) is 377 Å². The van der Waals surface area contributed by atoms with Gasteiger partial charge in [-0.3, -0.25) is 0 Å².